The maximum Gasteiger partial charge on any atom is 0.358 e. The third kappa shape index (κ3) is 1.66. The molecule has 0 N–H and O–H groups in total. The Morgan fingerprint density at radius 3 is 2.81 bits per heavy atom. The summed E-state index contributed by atoms with van der Waals surface area (Å²) in [5, 5.41) is 3.69. The number of carbonyl (C=O) groups excluding carboxylic acids is 1. The highest BCUT2D eigenvalue weighted by molar-refractivity contribution is 5.86. The summed E-state index contributed by atoms with van der Waals surface area (Å²) < 4.78 is 5.04. The van der Waals surface area contributed by atoms with Crippen LogP contribution in [0.4, 0.5) is 0 Å². The van der Waals surface area contributed by atoms with Gasteiger partial charge in [-0.3, -0.25) is 0 Å². The summed E-state index contributed by atoms with van der Waals surface area (Å²) in [4.78, 5) is 17.2. The first-order chi connectivity index (χ1) is 7.79. The summed E-state index contributed by atoms with van der Waals surface area (Å²) >= 11 is 0. The predicted molar refractivity (Wildman–Crippen MR) is 58.9 cm³/mol. The molecule has 1 unspecified atom stereocenters. The van der Waals surface area contributed by atoms with Gasteiger partial charge < -0.3 is 9.57 Å². The van der Waals surface area contributed by atoms with Crippen molar-refractivity contribution in [2.24, 2.45) is 5.16 Å². The fourth-order valence-corrected chi connectivity index (χ4v) is 1.69. The molecule has 2 rings (SSSR count). The lowest BCUT2D eigenvalue weighted by Gasteiger charge is -2.24. The lowest BCUT2D eigenvalue weighted by molar-refractivity contribution is -0.170. The number of ether oxygens (including phenoxy) is 1. The summed E-state index contributed by atoms with van der Waals surface area (Å²) in [6, 6.07) is 9.28. The summed E-state index contributed by atoms with van der Waals surface area (Å²) in [5.41, 5.74) is -0.317. The molecule has 0 amide bonds. The highest BCUT2D eigenvalue weighted by Gasteiger charge is 2.46. The van der Waals surface area contributed by atoms with Gasteiger partial charge >= 0.3 is 5.97 Å². The predicted octanol–water partition coefficient (Wildman–Crippen LogP) is 1.85. The van der Waals surface area contributed by atoms with Crippen molar-refractivity contribution in [2.75, 3.05) is 6.61 Å². The molecule has 84 valence electrons. The standard InChI is InChI=1S/C12H13NO3/c1-2-15-11(14)12(8-9-13-16-12)10-6-4-3-5-7-10/h3-7,9H,2,8H2,1H3. The van der Waals surface area contributed by atoms with Gasteiger partial charge in [-0.05, 0) is 6.92 Å². The van der Waals surface area contributed by atoms with Crippen molar-refractivity contribution in [1.82, 2.24) is 0 Å². The SMILES string of the molecule is CCOC(=O)C1(c2ccccc2)CC=NO1. The third-order valence-electron chi connectivity index (χ3n) is 2.51. The van der Waals surface area contributed by atoms with Crippen LogP contribution in [0, 0.1) is 0 Å². The molecule has 0 aromatic heterocycles. The van der Waals surface area contributed by atoms with E-state index >= 15 is 0 Å². The van der Waals surface area contributed by atoms with Gasteiger partial charge in [-0.25, -0.2) is 4.79 Å². The minimum Gasteiger partial charge on any atom is -0.463 e. The molecule has 4 heteroatoms. The van der Waals surface area contributed by atoms with E-state index in [1.165, 1.54) is 0 Å². The topological polar surface area (TPSA) is 47.9 Å². The van der Waals surface area contributed by atoms with Crippen LogP contribution in [0.3, 0.4) is 0 Å². The Kier molecular flexibility index (Phi) is 2.90. The number of hydrogen-bond acceptors (Lipinski definition) is 4. The zero-order valence-electron chi connectivity index (χ0n) is 9.05. The Morgan fingerprint density at radius 2 is 2.25 bits per heavy atom. The van der Waals surface area contributed by atoms with Crippen molar-refractivity contribution < 1.29 is 14.4 Å². The van der Waals surface area contributed by atoms with E-state index in [4.69, 9.17) is 9.57 Å². The Hall–Kier alpha value is -1.84. The molecular weight excluding hydrogens is 206 g/mol. The van der Waals surface area contributed by atoms with Gasteiger partial charge in [0.25, 0.3) is 5.60 Å². The first kappa shape index (κ1) is 10.7. The first-order valence-electron chi connectivity index (χ1n) is 5.22. The number of benzene rings is 1. The van der Waals surface area contributed by atoms with Crippen molar-refractivity contribution in [2.45, 2.75) is 18.9 Å². The van der Waals surface area contributed by atoms with Gasteiger partial charge in [0, 0.05) is 18.2 Å². The first-order valence-corrected chi connectivity index (χ1v) is 5.22. The average Bonchev–Trinajstić information content (AvgIpc) is 2.81. The van der Waals surface area contributed by atoms with E-state index in [9.17, 15) is 4.79 Å². The molecule has 0 radical (unpaired) electrons. The quantitative estimate of drug-likeness (QED) is 0.729. The normalized spacial score (nSPS) is 22.8. The van der Waals surface area contributed by atoms with E-state index in [1.54, 1.807) is 13.1 Å². The molecule has 1 aromatic carbocycles. The molecule has 16 heavy (non-hydrogen) atoms. The van der Waals surface area contributed by atoms with E-state index in [1.807, 2.05) is 30.3 Å². The summed E-state index contributed by atoms with van der Waals surface area (Å²) in [5.74, 6) is -0.390. The van der Waals surface area contributed by atoms with E-state index in [0.29, 0.717) is 13.0 Å². The molecule has 0 spiro atoms. The number of esters is 1. The van der Waals surface area contributed by atoms with Gasteiger partial charge in [-0.15, -0.1) is 0 Å². The maximum absolute atomic E-state index is 11.9. The van der Waals surface area contributed by atoms with Gasteiger partial charge in [-0.2, -0.15) is 0 Å². The number of hydrogen-bond donors (Lipinski definition) is 0. The molecule has 1 atom stereocenters. The molecule has 0 bridgehead atoms. The molecule has 0 saturated carbocycles. The zero-order chi connectivity index (χ0) is 11.4. The van der Waals surface area contributed by atoms with Crippen LogP contribution in [0.5, 0.6) is 0 Å². The summed E-state index contributed by atoms with van der Waals surface area (Å²) in [6.07, 6.45) is 2.00. The lowest BCUT2D eigenvalue weighted by Crippen LogP contribution is -2.37. The molecule has 0 aliphatic carbocycles. The van der Waals surface area contributed by atoms with E-state index < -0.39 is 11.6 Å². The highest BCUT2D eigenvalue weighted by atomic mass is 16.7. The van der Waals surface area contributed by atoms with Crippen LogP contribution < -0.4 is 0 Å². The van der Waals surface area contributed by atoms with E-state index in [2.05, 4.69) is 5.16 Å². The Labute approximate surface area is 93.9 Å². The van der Waals surface area contributed by atoms with Crippen LogP contribution in [-0.2, 0) is 20.0 Å². The van der Waals surface area contributed by atoms with Crippen LogP contribution in [0.1, 0.15) is 18.9 Å². The van der Waals surface area contributed by atoms with Crippen LogP contribution in [0.25, 0.3) is 0 Å². The molecule has 0 fully saturated rings. The Morgan fingerprint density at radius 1 is 1.50 bits per heavy atom. The number of nitrogens with zero attached hydrogens (tertiary/aromatic N) is 1. The number of oxime groups is 1. The van der Waals surface area contributed by atoms with Crippen molar-refractivity contribution in [3.8, 4) is 0 Å². The molecule has 4 nitrogen and oxygen atoms in total. The molecule has 1 heterocycles. The highest BCUT2D eigenvalue weighted by Crippen LogP contribution is 2.33. The largest absolute Gasteiger partial charge is 0.463 e. The molecule has 1 aliphatic heterocycles. The van der Waals surface area contributed by atoms with Gasteiger partial charge in [0.2, 0.25) is 0 Å². The fraction of sp³-hybridized carbons (Fsp3) is 0.333. The van der Waals surface area contributed by atoms with Crippen molar-refractivity contribution in [3.63, 3.8) is 0 Å². The summed E-state index contributed by atoms with van der Waals surface area (Å²) in [7, 11) is 0. The van der Waals surface area contributed by atoms with E-state index in [-0.39, 0.29) is 0 Å². The number of carbonyl (C=O) groups is 1. The van der Waals surface area contributed by atoms with Crippen molar-refractivity contribution in [1.29, 1.82) is 0 Å². The van der Waals surface area contributed by atoms with Gasteiger partial charge in [0.15, 0.2) is 0 Å². The summed E-state index contributed by atoms with van der Waals surface area (Å²) in [6.45, 7) is 2.10. The van der Waals surface area contributed by atoms with Crippen LogP contribution >= 0.6 is 0 Å². The van der Waals surface area contributed by atoms with Gasteiger partial charge in [0.05, 0.1) is 6.61 Å². The van der Waals surface area contributed by atoms with Gasteiger partial charge in [-0.1, -0.05) is 35.5 Å². The maximum atomic E-state index is 11.9. The minimum atomic E-state index is -1.09. The molecule has 1 aromatic rings. The molecular formula is C12H13NO3. The second-order valence-electron chi connectivity index (χ2n) is 3.50. The molecule has 0 saturated heterocycles. The van der Waals surface area contributed by atoms with Crippen molar-refractivity contribution >= 4 is 12.2 Å². The monoisotopic (exact) mass is 219 g/mol. The van der Waals surface area contributed by atoms with Crippen molar-refractivity contribution in [3.05, 3.63) is 35.9 Å². The van der Waals surface area contributed by atoms with Crippen LogP contribution in [0.15, 0.2) is 35.5 Å². The zero-order valence-corrected chi connectivity index (χ0v) is 9.05. The average molecular weight is 219 g/mol. The minimum absolute atomic E-state index is 0.330. The third-order valence-corrected chi connectivity index (χ3v) is 2.51. The smallest absolute Gasteiger partial charge is 0.358 e. The van der Waals surface area contributed by atoms with Gasteiger partial charge in [0.1, 0.15) is 0 Å². The Bertz CT molecular complexity index is 392. The number of rotatable bonds is 3. The lowest BCUT2D eigenvalue weighted by atomic mass is 9.91. The molecule has 1 aliphatic rings. The second kappa shape index (κ2) is 4.35. The van der Waals surface area contributed by atoms with Crippen LogP contribution in [-0.4, -0.2) is 18.8 Å². The Balaban J connectivity index is 2.33. The van der Waals surface area contributed by atoms with Crippen LogP contribution in [0.2, 0.25) is 0 Å². The fourth-order valence-electron chi connectivity index (χ4n) is 1.69. The van der Waals surface area contributed by atoms with E-state index in [0.717, 1.165) is 5.56 Å². The second-order valence-corrected chi connectivity index (χ2v) is 3.50.